The van der Waals surface area contributed by atoms with E-state index in [1.54, 1.807) is 23.1 Å². The molecule has 3 aromatic carbocycles. The predicted octanol–water partition coefficient (Wildman–Crippen LogP) is 2.68. The number of hydrogen-bond acceptors (Lipinski definition) is 8. The number of hydrogen-bond donors (Lipinski definition) is 0. The van der Waals surface area contributed by atoms with Gasteiger partial charge in [0.2, 0.25) is 6.79 Å². The number of benzene rings is 3. The number of ether oxygens (including phenoxy) is 2. The molecule has 1 fully saturated rings. The van der Waals surface area contributed by atoms with Crippen LogP contribution in [0.4, 0.5) is 0 Å². The van der Waals surface area contributed by atoms with Crippen molar-refractivity contribution in [3.63, 3.8) is 0 Å². The number of rotatable bonds is 5. The lowest BCUT2D eigenvalue weighted by molar-refractivity contribution is 0.0627. The molecule has 6 rings (SSSR count). The zero-order chi connectivity index (χ0) is 26.5. The highest BCUT2D eigenvalue weighted by atomic mass is 32.2. The lowest BCUT2D eigenvalue weighted by atomic mass is 10.0. The summed E-state index contributed by atoms with van der Waals surface area (Å²) < 4.78 is 63.8. The minimum Gasteiger partial charge on any atom is -0.454 e. The lowest BCUT2D eigenvalue weighted by Gasteiger charge is -2.35. The Morgan fingerprint density at radius 3 is 2.39 bits per heavy atom. The van der Waals surface area contributed by atoms with Gasteiger partial charge in [0.15, 0.2) is 31.2 Å². The van der Waals surface area contributed by atoms with E-state index in [2.05, 4.69) is 4.90 Å². The average Bonchev–Trinajstić information content (AvgIpc) is 3.51. The van der Waals surface area contributed by atoms with Crippen molar-refractivity contribution in [2.45, 2.75) is 21.6 Å². The largest absolute Gasteiger partial charge is 0.454 e. The van der Waals surface area contributed by atoms with Gasteiger partial charge in [-0.15, -0.1) is 0 Å². The van der Waals surface area contributed by atoms with Crippen molar-refractivity contribution < 1.29 is 31.1 Å². The summed E-state index contributed by atoms with van der Waals surface area (Å²) in [6, 6.07) is 18.1. The van der Waals surface area contributed by atoms with Crippen LogP contribution in [0.1, 0.15) is 26.7 Å². The van der Waals surface area contributed by atoms with Gasteiger partial charge >= 0.3 is 0 Å². The molecule has 0 aromatic heterocycles. The fourth-order valence-corrected chi connectivity index (χ4v) is 9.68. The second-order valence-corrected chi connectivity index (χ2v) is 13.7. The third kappa shape index (κ3) is 4.34. The molecule has 3 aliphatic heterocycles. The molecule has 1 atom stereocenters. The molecular weight excluding hydrogens is 528 g/mol. The Kier molecular flexibility index (Phi) is 6.16. The van der Waals surface area contributed by atoms with E-state index >= 15 is 0 Å². The maximum atomic E-state index is 13.7. The van der Waals surface area contributed by atoms with Crippen molar-refractivity contribution >= 4 is 25.6 Å². The highest BCUT2D eigenvalue weighted by Crippen LogP contribution is 2.43. The molecule has 1 amide bonds. The van der Waals surface area contributed by atoms with Gasteiger partial charge in [-0.05, 0) is 42.0 Å². The Labute approximate surface area is 221 Å². The standard InChI is InChI=1S/C27H26N2O7S2/c30-27(29-13-11-28(12-14-29)16-19-9-10-22-23(15-19)36-18-35-22)21-7-4-8-24-26(21)25(17-37(24,31)32)38(33,34)20-5-2-1-3-6-20/h1-10,15,25H,11-14,16-18H2. The molecule has 0 radical (unpaired) electrons. The van der Waals surface area contributed by atoms with Gasteiger partial charge in [-0.25, -0.2) is 16.8 Å². The number of fused-ring (bicyclic) bond motifs is 2. The van der Waals surface area contributed by atoms with E-state index in [0.29, 0.717) is 32.7 Å². The van der Waals surface area contributed by atoms with Gasteiger partial charge in [-0.3, -0.25) is 9.69 Å². The zero-order valence-corrected chi connectivity index (χ0v) is 22.1. The Balaban J connectivity index is 1.23. The van der Waals surface area contributed by atoms with E-state index in [9.17, 15) is 21.6 Å². The Morgan fingerprint density at radius 1 is 0.895 bits per heavy atom. The van der Waals surface area contributed by atoms with Crippen molar-refractivity contribution in [3.8, 4) is 11.5 Å². The van der Waals surface area contributed by atoms with Gasteiger partial charge in [-0.2, -0.15) is 0 Å². The molecular formula is C27H26N2O7S2. The third-order valence-electron chi connectivity index (χ3n) is 7.27. The first-order valence-electron chi connectivity index (χ1n) is 12.3. The van der Waals surface area contributed by atoms with Gasteiger partial charge in [0, 0.05) is 43.9 Å². The highest BCUT2D eigenvalue weighted by molar-refractivity contribution is 7.96. The lowest BCUT2D eigenvalue weighted by Crippen LogP contribution is -2.48. The first-order valence-corrected chi connectivity index (χ1v) is 15.5. The minimum atomic E-state index is -4.03. The molecule has 38 heavy (non-hydrogen) atoms. The van der Waals surface area contributed by atoms with Crippen molar-refractivity contribution in [2.75, 3.05) is 38.7 Å². The summed E-state index contributed by atoms with van der Waals surface area (Å²) in [5.41, 5.74) is 1.30. The second-order valence-electron chi connectivity index (χ2n) is 9.60. The van der Waals surface area contributed by atoms with Crippen LogP contribution >= 0.6 is 0 Å². The molecule has 0 bridgehead atoms. The summed E-state index contributed by atoms with van der Waals surface area (Å²) in [6.45, 7) is 3.04. The molecule has 11 heteroatoms. The Morgan fingerprint density at radius 2 is 1.63 bits per heavy atom. The Hall–Kier alpha value is -3.41. The van der Waals surface area contributed by atoms with Gasteiger partial charge in [0.1, 0.15) is 5.25 Å². The van der Waals surface area contributed by atoms with Gasteiger partial charge in [0.25, 0.3) is 5.91 Å². The highest BCUT2D eigenvalue weighted by Gasteiger charge is 2.45. The van der Waals surface area contributed by atoms with Crippen molar-refractivity contribution in [2.24, 2.45) is 0 Å². The molecule has 1 saturated heterocycles. The maximum Gasteiger partial charge on any atom is 0.254 e. The monoisotopic (exact) mass is 554 g/mol. The summed E-state index contributed by atoms with van der Waals surface area (Å²) in [5.74, 6) is 0.529. The fraction of sp³-hybridized carbons (Fsp3) is 0.296. The van der Waals surface area contributed by atoms with Crippen LogP contribution in [0.3, 0.4) is 0 Å². The van der Waals surface area contributed by atoms with Gasteiger partial charge < -0.3 is 14.4 Å². The van der Waals surface area contributed by atoms with E-state index < -0.39 is 30.7 Å². The number of sulfone groups is 2. The van der Waals surface area contributed by atoms with Crippen LogP contribution < -0.4 is 9.47 Å². The van der Waals surface area contributed by atoms with E-state index in [1.165, 1.54) is 30.3 Å². The maximum absolute atomic E-state index is 13.7. The zero-order valence-electron chi connectivity index (χ0n) is 20.4. The first kappa shape index (κ1) is 24.9. The summed E-state index contributed by atoms with van der Waals surface area (Å²) in [4.78, 5) is 17.5. The summed E-state index contributed by atoms with van der Waals surface area (Å²) in [5, 5.41) is -1.34. The van der Waals surface area contributed by atoms with Crippen molar-refractivity contribution in [1.82, 2.24) is 9.80 Å². The van der Waals surface area contributed by atoms with Crippen LogP contribution in [0.25, 0.3) is 0 Å². The predicted molar refractivity (Wildman–Crippen MR) is 139 cm³/mol. The van der Waals surface area contributed by atoms with Gasteiger partial charge in [0.05, 0.1) is 15.5 Å². The summed E-state index contributed by atoms with van der Waals surface area (Å²) in [6.07, 6.45) is 0. The molecule has 0 aliphatic carbocycles. The quantitative estimate of drug-likeness (QED) is 0.474. The van der Waals surface area contributed by atoms with Crippen molar-refractivity contribution in [1.29, 1.82) is 0 Å². The van der Waals surface area contributed by atoms with Gasteiger partial charge in [-0.1, -0.05) is 30.3 Å². The van der Waals surface area contributed by atoms with Crippen LogP contribution in [0.15, 0.2) is 76.5 Å². The van der Waals surface area contributed by atoms with Crippen LogP contribution in [0.2, 0.25) is 0 Å². The number of nitrogens with zero attached hydrogens (tertiary/aromatic N) is 2. The molecule has 3 aliphatic rings. The normalized spacial score (nSPS) is 20.3. The molecule has 0 saturated carbocycles. The molecule has 3 heterocycles. The fourth-order valence-electron chi connectivity index (χ4n) is 5.30. The minimum absolute atomic E-state index is 0.0347. The molecule has 0 spiro atoms. The summed E-state index contributed by atoms with van der Waals surface area (Å²) in [7, 11) is -7.89. The summed E-state index contributed by atoms with van der Waals surface area (Å²) >= 11 is 0. The van der Waals surface area contributed by atoms with E-state index in [0.717, 1.165) is 17.1 Å². The number of carbonyl (C=O) groups excluding carboxylic acids is 1. The molecule has 198 valence electrons. The van der Waals surface area contributed by atoms with Crippen LogP contribution in [-0.4, -0.2) is 71.3 Å². The Bertz CT molecular complexity index is 1610. The SMILES string of the molecule is O=C(c1cccc2c1C(S(=O)(=O)c1ccccc1)CS2(=O)=O)N1CCN(Cc2ccc3c(c2)OCO3)CC1. The molecule has 1 unspecified atom stereocenters. The number of carbonyl (C=O) groups is 1. The van der Waals surface area contributed by atoms with E-state index in [-0.39, 0.29) is 33.6 Å². The smallest absolute Gasteiger partial charge is 0.254 e. The second kappa shape index (κ2) is 9.40. The van der Waals surface area contributed by atoms with E-state index in [4.69, 9.17) is 9.47 Å². The van der Waals surface area contributed by atoms with Crippen LogP contribution in [0.5, 0.6) is 11.5 Å². The molecule has 0 N–H and O–H groups in total. The third-order valence-corrected chi connectivity index (χ3v) is 11.4. The topological polar surface area (TPSA) is 110 Å². The van der Waals surface area contributed by atoms with E-state index in [1.807, 2.05) is 18.2 Å². The number of piperazine rings is 1. The number of amides is 1. The molecule has 3 aromatic rings. The van der Waals surface area contributed by atoms with Crippen molar-refractivity contribution in [3.05, 3.63) is 83.4 Å². The molecule has 9 nitrogen and oxygen atoms in total. The van der Waals surface area contributed by atoms with Crippen LogP contribution in [-0.2, 0) is 26.2 Å². The first-order chi connectivity index (χ1) is 18.2. The average molecular weight is 555 g/mol. The van der Waals surface area contributed by atoms with Crippen LogP contribution in [0, 0.1) is 0 Å².